The zero-order valence-corrected chi connectivity index (χ0v) is 11.7. The van der Waals surface area contributed by atoms with E-state index in [9.17, 15) is 0 Å². The summed E-state index contributed by atoms with van der Waals surface area (Å²) in [6, 6.07) is 15.4. The van der Waals surface area contributed by atoms with Crippen molar-refractivity contribution in [2.75, 3.05) is 0 Å². The van der Waals surface area contributed by atoms with Crippen LogP contribution in [0, 0.1) is 6.92 Å². The number of hydrogen-bond acceptors (Lipinski definition) is 0. The summed E-state index contributed by atoms with van der Waals surface area (Å²) in [6.07, 6.45) is 2.11. The molecular formula is C18H19N. The molecule has 0 unspecified atom stereocenters. The van der Waals surface area contributed by atoms with Crippen molar-refractivity contribution in [2.24, 2.45) is 0 Å². The Kier molecular flexibility index (Phi) is 2.90. The molecule has 0 saturated heterocycles. The molecule has 0 spiro atoms. The molecule has 1 heterocycles. The van der Waals surface area contributed by atoms with Gasteiger partial charge in [-0.15, -0.1) is 0 Å². The molecule has 0 bridgehead atoms. The molecule has 0 aliphatic heterocycles. The molecular weight excluding hydrogens is 230 g/mol. The lowest BCUT2D eigenvalue weighted by Gasteiger charge is -2.07. The summed E-state index contributed by atoms with van der Waals surface area (Å²) in [6.45, 7) is 6.61. The van der Waals surface area contributed by atoms with Gasteiger partial charge in [0.25, 0.3) is 0 Å². The van der Waals surface area contributed by atoms with Crippen LogP contribution in [0.15, 0.2) is 48.7 Å². The fourth-order valence-electron chi connectivity index (χ4n) is 2.54. The summed E-state index contributed by atoms with van der Waals surface area (Å²) in [7, 11) is 0. The summed E-state index contributed by atoms with van der Waals surface area (Å²) >= 11 is 0. The Labute approximate surface area is 114 Å². The van der Waals surface area contributed by atoms with E-state index in [4.69, 9.17) is 0 Å². The lowest BCUT2D eigenvalue weighted by Crippen LogP contribution is -1.87. The third-order valence-electron chi connectivity index (χ3n) is 3.70. The highest BCUT2D eigenvalue weighted by Gasteiger charge is 2.07. The van der Waals surface area contributed by atoms with E-state index in [1.165, 1.54) is 33.2 Å². The zero-order chi connectivity index (χ0) is 13.4. The van der Waals surface area contributed by atoms with Crippen molar-refractivity contribution in [2.45, 2.75) is 26.7 Å². The monoisotopic (exact) mass is 249 g/mol. The first kappa shape index (κ1) is 12.0. The number of hydrogen-bond donors (Lipinski definition) is 1. The molecule has 0 aliphatic rings. The molecule has 0 aliphatic carbocycles. The second kappa shape index (κ2) is 4.58. The van der Waals surface area contributed by atoms with Crippen molar-refractivity contribution in [3.8, 4) is 11.1 Å². The number of aryl methyl sites for hydroxylation is 1. The molecule has 19 heavy (non-hydrogen) atoms. The Morgan fingerprint density at radius 3 is 2.63 bits per heavy atom. The molecule has 2 aromatic carbocycles. The summed E-state index contributed by atoms with van der Waals surface area (Å²) in [4.78, 5) is 3.36. The maximum absolute atomic E-state index is 3.36. The van der Waals surface area contributed by atoms with Crippen LogP contribution in [0.5, 0.6) is 0 Å². The van der Waals surface area contributed by atoms with Gasteiger partial charge in [-0.05, 0) is 36.1 Å². The van der Waals surface area contributed by atoms with Crippen molar-refractivity contribution in [1.29, 1.82) is 0 Å². The van der Waals surface area contributed by atoms with Gasteiger partial charge in [0.2, 0.25) is 0 Å². The largest absolute Gasteiger partial charge is 0.361 e. The van der Waals surface area contributed by atoms with Gasteiger partial charge in [0.15, 0.2) is 0 Å². The van der Waals surface area contributed by atoms with Crippen LogP contribution in [0.25, 0.3) is 22.0 Å². The molecule has 0 fully saturated rings. The van der Waals surface area contributed by atoms with E-state index in [1.54, 1.807) is 0 Å². The maximum atomic E-state index is 3.36. The molecule has 0 amide bonds. The predicted molar refractivity (Wildman–Crippen MR) is 82.6 cm³/mol. The van der Waals surface area contributed by atoms with Gasteiger partial charge >= 0.3 is 0 Å². The Hall–Kier alpha value is -2.02. The number of benzene rings is 2. The number of aromatic amines is 1. The van der Waals surface area contributed by atoms with E-state index in [0.29, 0.717) is 5.92 Å². The Balaban J connectivity index is 2.18. The minimum Gasteiger partial charge on any atom is -0.361 e. The minimum atomic E-state index is 0.562. The van der Waals surface area contributed by atoms with Crippen molar-refractivity contribution < 1.29 is 0 Å². The van der Waals surface area contributed by atoms with Crippen LogP contribution in [0.4, 0.5) is 0 Å². The van der Waals surface area contributed by atoms with Gasteiger partial charge < -0.3 is 4.98 Å². The Morgan fingerprint density at radius 2 is 1.84 bits per heavy atom. The number of rotatable bonds is 2. The fraction of sp³-hybridized carbons (Fsp3) is 0.222. The first-order valence-corrected chi connectivity index (χ1v) is 6.83. The van der Waals surface area contributed by atoms with Crippen molar-refractivity contribution >= 4 is 10.9 Å². The van der Waals surface area contributed by atoms with Gasteiger partial charge in [-0.2, -0.15) is 0 Å². The van der Waals surface area contributed by atoms with Crippen LogP contribution in [-0.4, -0.2) is 4.98 Å². The average molecular weight is 249 g/mol. The highest BCUT2D eigenvalue weighted by atomic mass is 14.7. The molecule has 96 valence electrons. The van der Waals surface area contributed by atoms with Crippen LogP contribution < -0.4 is 0 Å². The van der Waals surface area contributed by atoms with E-state index in [0.717, 1.165) is 0 Å². The van der Waals surface area contributed by atoms with Crippen LogP contribution in [0.3, 0.4) is 0 Å². The van der Waals surface area contributed by atoms with Crippen LogP contribution in [0.2, 0.25) is 0 Å². The van der Waals surface area contributed by atoms with Crippen molar-refractivity contribution in [3.63, 3.8) is 0 Å². The first-order chi connectivity index (χ1) is 9.15. The van der Waals surface area contributed by atoms with Gasteiger partial charge in [0.05, 0.1) is 0 Å². The SMILES string of the molecule is Cc1ccc2[nH]cc(-c3cccc(C(C)C)c3)c2c1. The van der Waals surface area contributed by atoms with Gasteiger partial charge in [0.1, 0.15) is 0 Å². The molecule has 3 aromatic rings. The summed E-state index contributed by atoms with van der Waals surface area (Å²) in [5, 5.41) is 1.31. The zero-order valence-electron chi connectivity index (χ0n) is 11.7. The quantitative estimate of drug-likeness (QED) is 0.637. The Morgan fingerprint density at radius 1 is 1.00 bits per heavy atom. The van der Waals surface area contributed by atoms with Gasteiger partial charge in [-0.1, -0.05) is 49.7 Å². The van der Waals surface area contributed by atoms with E-state index in [1.807, 2.05) is 0 Å². The molecule has 1 aromatic heterocycles. The van der Waals surface area contributed by atoms with Crippen molar-refractivity contribution in [3.05, 3.63) is 59.8 Å². The standard InChI is InChI=1S/C18H19N/c1-12(2)14-5-4-6-15(10-14)17-11-19-18-8-7-13(3)9-16(17)18/h4-12,19H,1-3H3. The molecule has 0 atom stereocenters. The summed E-state index contributed by atoms with van der Waals surface area (Å²) < 4.78 is 0. The Bertz CT molecular complexity index is 719. The minimum absolute atomic E-state index is 0.562. The number of aromatic nitrogens is 1. The van der Waals surface area contributed by atoms with E-state index in [-0.39, 0.29) is 0 Å². The summed E-state index contributed by atoms with van der Waals surface area (Å²) in [5.41, 5.74) is 6.48. The lowest BCUT2D eigenvalue weighted by molar-refractivity contribution is 0.867. The van der Waals surface area contributed by atoms with E-state index < -0.39 is 0 Å². The lowest BCUT2D eigenvalue weighted by atomic mass is 9.97. The normalized spacial score (nSPS) is 11.4. The number of nitrogens with one attached hydrogen (secondary N) is 1. The van der Waals surface area contributed by atoms with Crippen LogP contribution in [-0.2, 0) is 0 Å². The van der Waals surface area contributed by atoms with Gasteiger partial charge in [-0.3, -0.25) is 0 Å². The highest BCUT2D eigenvalue weighted by Crippen LogP contribution is 2.30. The van der Waals surface area contributed by atoms with E-state index in [2.05, 4.69) is 74.4 Å². The second-order valence-electron chi connectivity index (χ2n) is 5.53. The van der Waals surface area contributed by atoms with Crippen LogP contribution >= 0.6 is 0 Å². The average Bonchev–Trinajstić information content (AvgIpc) is 2.81. The molecule has 1 nitrogen and oxygen atoms in total. The third kappa shape index (κ3) is 2.17. The molecule has 1 heteroatoms. The van der Waals surface area contributed by atoms with Gasteiger partial charge in [0, 0.05) is 22.7 Å². The molecule has 0 saturated carbocycles. The second-order valence-corrected chi connectivity index (χ2v) is 5.53. The third-order valence-corrected chi connectivity index (χ3v) is 3.70. The van der Waals surface area contributed by atoms with Crippen molar-refractivity contribution in [1.82, 2.24) is 4.98 Å². The molecule has 3 rings (SSSR count). The number of H-pyrrole nitrogens is 1. The summed E-state index contributed by atoms with van der Waals surface area (Å²) in [5.74, 6) is 0.562. The predicted octanol–water partition coefficient (Wildman–Crippen LogP) is 5.27. The molecule has 1 N–H and O–H groups in total. The molecule has 0 radical (unpaired) electrons. The number of fused-ring (bicyclic) bond motifs is 1. The topological polar surface area (TPSA) is 15.8 Å². The first-order valence-electron chi connectivity index (χ1n) is 6.83. The smallest absolute Gasteiger partial charge is 0.0460 e. The van der Waals surface area contributed by atoms with Gasteiger partial charge in [-0.25, -0.2) is 0 Å². The maximum Gasteiger partial charge on any atom is 0.0460 e. The van der Waals surface area contributed by atoms with E-state index >= 15 is 0 Å². The van der Waals surface area contributed by atoms with Crippen LogP contribution in [0.1, 0.15) is 30.9 Å². The highest BCUT2D eigenvalue weighted by molar-refractivity contribution is 5.95. The fourth-order valence-corrected chi connectivity index (χ4v) is 2.54.